The van der Waals surface area contributed by atoms with Crippen molar-refractivity contribution in [3.8, 4) is 11.5 Å². The second kappa shape index (κ2) is 11.6. The summed E-state index contributed by atoms with van der Waals surface area (Å²) in [5.74, 6) is -0.114. The molecule has 3 aromatic carbocycles. The molecular formula is C28H28FN3O5. The normalized spacial score (nSPS) is 15.2. The zero-order valence-corrected chi connectivity index (χ0v) is 20.6. The van der Waals surface area contributed by atoms with Gasteiger partial charge in [0.15, 0.2) is 0 Å². The van der Waals surface area contributed by atoms with Gasteiger partial charge in [-0.1, -0.05) is 19.1 Å². The van der Waals surface area contributed by atoms with Crippen LogP contribution in [-0.2, 0) is 16.1 Å². The standard InChI is InChI=1S/C28H28FN3O5/c1-3-16-37-24-14-8-21(9-15-24)30-26(33)17-25-27(34)32(22-10-6-20(29)7-11-22)28(35)31(25)18-19-4-12-23(36-2)13-5-19/h4-15,25H,3,16-18H2,1-2H3,(H,30,33)/t25-/m1/s1. The molecule has 4 rings (SSSR count). The van der Waals surface area contributed by atoms with E-state index in [4.69, 9.17) is 9.47 Å². The van der Waals surface area contributed by atoms with Gasteiger partial charge in [-0.3, -0.25) is 9.59 Å². The SMILES string of the molecule is CCCOc1ccc(NC(=O)C[C@@H]2C(=O)N(c3ccc(F)cc3)C(=O)N2Cc2ccc(OC)cc2)cc1. The van der Waals surface area contributed by atoms with Gasteiger partial charge in [0, 0.05) is 12.2 Å². The number of amides is 4. The number of ether oxygens (including phenoxy) is 2. The summed E-state index contributed by atoms with van der Waals surface area (Å²) in [7, 11) is 1.55. The van der Waals surface area contributed by atoms with Crippen LogP contribution in [0.15, 0.2) is 72.8 Å². The van der Waals surface area contributed by atoms with Gasteiger partial charge in [0.05, 0.1) is 25.8 Å². The molecule has 1 saturated heterocycles. The van der Waals surface area contributed by atoms with Crippen molar-refractivity contribution in [1.29, 1.82) is 0 Å². The highest BCUT2D eigenvalue weighted by Gasteiger charge is 2.46. The monoisotopic (exact) mass is 505 g/mol. The molecule has 1 atom stereocenters. The van der Waals surface area contributed by atoms with Crippen molar-refractivity contribution in [3.05, 3.63) is 84.2 Å². The van der Waals surface area contributed by atoms with Crippen molar-refractivity contribution in [2.75, 3.05) is 23.9 Å². The minimum Gasteiger partial charge on any atom is -0.497 e. The molecule has 0 bridgehead atoms. The molecule has 0 unspecified atom stereocenters. The molecule has 1 N–H and O–H groups in total. The summed E-state index contributed by atoms with van der Waals surface area (Å²) >= 11 is 0. The van der Waals surface area contributed by atoms with Crippen molar-refractivity contribution >= 4 is 29.2 Å². The molecule has 1 heterocycles. The molecule has 1 aliphatic heterocycles. The predicted molar refractivity (Wildman–Crippen MR) is 137 cm³/mol. The van der Waals surface area contributed by atoms with E-state index in [1.165, 1.54) is 29.2 Å². The molecule has 4 amide bonds. The number of methoxy groups -OCH3 is 1. The first-order valence-corrected chi connectivity index (χ1v) is 12.0. The Balaban J connectivity index is 1.53. The fourth-order valence-corrected chi connectivity index (χ4v) is 4.01. The van der Waals surface area contributed by atoms with E-state index in [1.54, 1.807) is 55.6 Å². The number of carbonyl (C=O) groups is 3. The Hall–Kier alpha value is -4.40. The van der Waals surface area contributed by atoms with Gasteiger partial charge in [0.25, 0.3) is 5.91 Å². The van der Waals surface area contributed by atoms with Crippen molar-refractivity contribution in [2.24, 2.45) is 0 Å². The summed E-state index contributed by atoms with van der Waals surface area (Å²) in [5, 5.41) is 2.78. The summed E-state index contributed by atoms with van der Waals surface area (Å²) in [5.41, 5.74) is 1.54. The highest BCUT2D eigenvalue weighted by molar-refractivity contribution is 6.22. The van der Waals surface area contributed by atoms with Crippen molar-refractivity contribution in [1.82, 2.24) is 4.90 Å². The maximum Gasteiger partial charge on any atom is 0.332 e. The molecule has 0 aromatic heterocycles. The van der Waals surface area contributed by atoms with Crippen LogP contribution in [0.3, 0.4) is 0 Å². The van der Waals surface area contributed by atoms with Gasteiger partial charge >= 0.3 is 6.03 Å². The van der Waals surface area contributed by atoms with E-state index in [9.17, 15) is 18.8 Å². The first kappa shape index (κ1) is 25.7. The van der Waals surface area contributed by atoms with E-state index >= 15 is 0 Å². The number of hydrogen-bond donors (Lipinski definition) is 1. The molecule has 192 valence electrons. The molecule has 0 radical (unpaired) electrons. The summed E-state index contributed by atoms with van der Waals surface area (Å²) in [6, 6.07) is 17.5. The molecule has 0 aliphatic carbocycles. The predicted octanol–water partition coefficient (Wildman–Crippen LogP) is 4.99. The van der Waals surface area contributed by atoms with Crippen LogP contribution in [0.1, 0.15) is 25.3 Å². The van der Waals surface area contributed by atoms with Crippen LogP contribution in [0.4, 0.5) is 20.6 Å². The Kier molecular flexibility index (Phi) is 8.02. The van der Waals surface area contributed by atoms with E-state index in [2.05, 4.69) is 5.32 Å². The molecular weight excluding hydrogens is 477 g/mol. The zero-order chi connectivity index (χ0) is 26.4. The van der Waals surface area contributed by atoms with Gasteiger partial charge in [0.2, 0.25) is 5.91 Å². The van der Waals surface area contributed by atoms with E-state index in [0.29, 0.717) is 23.8 Å². The highest BCUT2D eigenvalue weighted by atomic mass is 19.1. The number of nitrogens with zero attached hydrogens (tertiary/aromatic N) is 2. The molecule has 1 fully saturated rings. The maximum atomic E-state index is 13.5. The summed E-state index contributed by atoms with van der Waals surface area (Å²) < 4.78 is 24.2. The summed E-state index contributed by atoms with van der Waals surface area (Å²) in [4.78, 5) is 42.0. The first-order valence-electron chi connectivity index (χ1n) is 12.0. The van der Waals surface area contributed by atoms with E-state index < -0.39 is 29.7 Å². The maximum absolute atomic E-state index is 13.5. The Morgan fingerprint density at radius 3 is 2.22 bits per heavy atom. The largest absolute Gasteiger partial charge is 0.497 e. The van der Waals surface area contributed by atoms with Crippen LogP contribution in [0.2, 0.25) is 0 Å². The van der Waals surface area contributed by atoms with E-state index in [0.717, 1.165) is 16.9 Å². The number of benzene rings is 3. The molecule has 0 spiro atoms. The Morgan fingerprint density at radius 1 is 0.946 bits per heavy atom. The van der Waals surface area contributed by atoms with Gasteiger partial charge in [-0.2, -0.15) is 0 Å². The topological polar surface area (TPSA) is 88.2 Å². The number of anilines is 2. The summed E-state index contributed by atoms with van der Waals surface area (Å²) in [6.45, 7) is 2.71. The van der Waals surface area contributed by atoms with Crippen molar-refractivity contribution in [3.63, 3.8) is 0 Å². The second-order valence-electron chi connectivity index (χ2n) is 8.55. The number of imide groups is 1. The third-order valence-corrected chi connectivity index (χ3v) is 5.91. The number of halogens is 1. The lowest BCUT2D eigenvalue weighted by atomic mass is 10.1. The van der Waals surface area contributed by atoms with Gasteiger partial charge < -0.3 is 19.7 Å². The number of urea groups is 1. The summed E-state index contributed by atoms with van der Waals surface area (Å²) in [6.07, 6.45) is 0.640. The first-order chi connectivity index (χ1) is 17.9. The number of hydrogen-bond acceptors (Lipinski definition) is 5. The van der Waals surface area contributed by atoms with Crippen LogP contribution in [0, 0.1) is 5.82 Å². The Bertz CT molecular complexity index is 1250. The van der Waals surface area contributed by atoms with Gasteiger partial charge in [-0.15, -0.1) is 0 Å². The number of carbonyl (C=O) groups excluding carboxylic acids is 3. The van der Waals surface area contributed by atoms with Crippen LogP contribution in [-0.4, -0.2) is 42.5 Å². The fraction of sp³-hybridized carbons (Fsp3) is 0.250. The molecule has 0 saturated carbocycles. The number of rotatable bonds is 10. The third kappa shape index (κ3) is 6.06. The lowest BCUT2D eigenvalue weighted by molar-refractivity contribution is -0.124. The zero-order valence-electron chi connectivity index (χ0n) is 20.6. The molecule has 37 heavy (non-hydrogen) atoms. The third-order valence-electron chi connectivity index (χ3n) is 5.91. The van der Waals surface area contributed by atoms with Crippen LogP contribution in [0.25, 0.3) is 0 Å². The molecule has 1 aliphatic rings. The van der Waals surface area contributed by atoms with Gasteiger partial charge in [-0.25, -0.2) is 14.1 Å². The Labute approximate surface area is 214 Å². The van der Waals surface area contributed by atoms with Gasteiger partial charge in [0.1, 0.15) is 23.4 Å². The van der Waals surface area contributed by atoms with Crippen molar-refractivity contribution in [2.45, 2.75) is 32.4 Å². The lowest BCUT2D eigenvalue weighted by Crippen LogP contribution is -2.37. The minimum absolute atomic E-state index is 0.105. The average Bonchev–Trinajstić information content (AvgIpc) is 3.13. The average molecular weight is 506 g/mol. The molecule has 8 nitrogen and oxygen atoms in total. The van der Waals surface area contributed by atoms with Gasteiger partial charge in [-0.05, 0) is 72.6 Å². The van der Waals surface area contributed by atoms with Crippen molar-refractivity contribution < 1.29 is 28.2 Å². The molecule has 3 aromatic rings. The lowest BCUT2D eigenvalue weighted by Gasteiger charge is -2.22. The van der Waals surface area contributed by atoms with Crippen LogP contribution >= 0.6 is 0 Å². The van der Waals surface area contributed by atoms with E-state index in [1.807, 2.05) is 6.92 Å². The second-order valence-corrected chi connectivity index (χ2v) is 8.55. The highest BCUT2D eigenvalue weighted by Crippen LogP contribution is 2.29. The van der Waals surface area contributed by atoms with Crippen LogP contribution in [0.5, 0.6) is 11.5 Å². The molecule has 9 heteroatoms. The smallest absolute Gasteiger partial charge is 0.332 e. The number of nitrogens with one attached hydrogen (secondary N) is 1. The van der Waals surface area contributed by atoms with Crippen LogP contribution < -0.4 is 19.7 Å². The quantitative estimate of drug-likeness (QED) is 0.392. The van der Waals surface area contributed by atoms with E-state index in [-0.39, 0.29) is 18.7 Å². The Morgan fingerprint density at radius 2 is 1.59 bits per heavy atom. The minimum atomic E-state index is -1.04. The fourth-order valence-electron chi connectivity index (χ4n) is 4.01.